The van der Waals surface area contributed by atoms with Crippen LogP contribution in [-0.4, -0.2) is 46.4 Å². The molecular formula is C13H14N4O3. The van der Waals surface area contributed by atoms with Gasteiger partial charge >= 0.3 is 6.01 Å². The van der Waals surface area contributed by atoms with E-state index in [9.17, 15) is 5.11 Å². The topological polar surface area (TPSA) is 80.6 Å². The van der Waals surface area contributed by atoms with Gasteiger partial charge in [-0.2, -0.15) is 9.97 Å². The molecule has 1 fully saturated rings. The van der Waals surface area contributed by atoms with E-state index in [0.717, 1.165) is 13.1 Å². The Labute approximate surface area is 115 Å². The molecule has 1 aliphatic heterocycles. The molecule has 20 heavy (non-hydrogen) atoms. The van der Waals surface area contributed by atoms with Crippen molar-refractivity contribution in [3.63, 3.8) is 0 Å². The largest absolute Gasteiger partial charge is 0.508 e. The summed E-state index contributed by atoms with van der Waals surface area (Å²) in [5.74, 6) is 1.32. The third-order valence-corrected chi connectivity index (χ3v) is 2.88. The van der Waals surface area contributed by atoms with Crippen molar-refractivity contribution in [2.24, 2.45) is 0 Å². The molecule has 1 aromatic heterocycles. The van der Waals surface area contributed by atoms with Gasteiger partial charge in [0, 0.05) is 13.1 Å². The third kappa shape index (κ3) is 2.94. The van der Waals surface area contributed by atoms with Crippen LogP contribution in [0.4, 0.5) is 5.95 Å². The fourth-order valence-corrected chi connectivity index (χ4v) is 1.86. The van der Waals surface area contributed by atoms with Crippen molar-refractivity contribution in [2.45, 2.75) is 0 Å². The second-order valence-electron chi connectivity index (χ2n) is 4.26. The summed E-state index contributed by atoms with van der Waals surface area (Å²) in [5.41, 5.74) is 0. The first-order valence-electron chi connectivity index (χ1n) is 6.30. The van der Waals surface area contributed by atoms with E-state index in [1.165, 1.54) is 6.33 Å². The molecule has 2 heterocycles. The average molecular weight is 274 g/mol. The van der Waals surface area contributed by atoms with Gasteiger partial charge in [0.05, 0.1) is 13.2 Å². The molecule has 7 heteroatoms. The lowest BCUT2D eigenvalue weighted by Gasteiger charge is -2.26. The van der Waals surface area contributed by atoms with Crippen LogP contribution in [0.2, 0.25) is 0 Å². The lowest BCUT2D eigenvalue weighted by Crippen LogP contribution is -2.37. The van der Waals surface area contributed by atoms with Crippen molar-refractivity contribution in [3.8, 4) is 17.5 Å². The first kappa shape index (κ1) is 12.6. The summed E-state index contributed by atoms with van der Waals surface area (Å²) in [6.45, 7) is 2.84. The molecule has 1 aromatic carbocycles. The van der Waals surface area contributed by atoms with Gasteiger partial charge in [0.1, 0.15) is 17.8 Å². The molecule has 0 amide bonds. The minimum atomic E-state index is 0.182. The van der Waals surface area contributed by atoms with Gasteiger partial charge in [0.15, 0.2) is 0 Å². The summed E-state index contributed by atoms with van der Waals surface area (Å²) < 4.78 is 10.8. The van der Waals surface area contributed by atoms with Gasteiger partial charge in [0.2, 0.25) is 5.95 Å². The Balaban J connectivity index is 1.75. The molecule has 104 valence electrons. The van der Waals surface area contributed by atoms with E-state index < -0.39 is 0 Å². The molecule has 0 unspecified atom stereocenters. The highest BCUT2D eigenvalue weighted by Gasteiger charge is 2.15. The van der Waals surface area contributed by atoms with Crippen molar-refractivity contribution >= 4 is 5.95 Å². The minimum Gasteiger partial charge on any atom is -0.508 e. The summed E-state index contributed by atoms with van der Waals surface area (Å²) in [5, 5.41) is 9.22. The Bertz CT molecular complexity index is 570. The van der Waals surface area contributed by atoms with Crippen LogP contribution in [0.1, 0.15) is 0 Å². The first-order chi connectivity index (χ1) is 9.81. The molecule has 1 aliphatic rings. The number of phenols is 1. The molecule has 7 nitrogen and oxygen atoms in total. The van der Waals surface area contributed by atoms with Gasteiger partial charge in [-0.05, 0) is 24.3 Å². The summed E-state index contributed by atoms with van der Waals surface area (Å²) in [6.07, 6.45) is 1.42. The Morgan fingerprint density at radius 3 is 2.60 bits per heavy atom. The average Bonchev–Trinajstić information content (AvgIpc) is 2.51. The summed E-state index contributed by atoms with van der Waals surface area (Å²) in [4.78, 5) is 14.4. The minimum absolute atomic E-state index is 0.182. The Morgan fingerprint density at radius 2 is 1.85 bits per heavy atom. The van der Waals surface area contributed by atoms with E-state index in [1.807, 2.05) is 4.90 Å². The van der Waals surface area contributed by atoms with Crippen molar-refractivity contribution in [2.75, 3.05) is 31.2 Å². The summed E-state index contributed by atoms with van der Waals surface area (Å²) in [7, 11) is 0. The molecule has 0 spiro atoms. The van der Waals surface area contributed by atoms with Crippen LogP contribution in [-0.2, 0) is 4.74 Å². The molecule has 3 rings (SSSR count). The van der Waals surface area contributed by atoms with E-state index in [-0.39, 0.29) is 11.8 Å². The summed E-state index contributed by atoms with van der Waals surface area (Å²) >= 11 is 0. The van der Waals surface area contributed by atoms with Crippen LogP contribution in [0.5, 0.6) is 17.5 Å². The van der Waals surface area contributed by atoms with Crippen LogP contribution in [0.15, 0.2) is 30.6 Å². The third-order valence-electron chi connectivity index (χ3n) is 2.88. The number of phenolic OH excluding ortho intramolecular Hbond substituents is 1. The second kappa shape index (κ2) is 5.70. The predicted molar refractivity (Wildman–Crippen MR) is 71.0 cm³/mol. The van der Waals surface area contributed by atoms with Crippen LogP contribution in [0, 0.1) is 0 Å². The molecule has 0 radical (unpaired) electrons. The van der Waals surface area contributed by atoms with Crippen molar-refractivity contribution in [1.29, 1.82) is 0 Å². The number of aromatic nitrogens is 3. The lowest BCUT2D eigenvalue weighted by molar-refractivity contribution is 0.122. The predicted octanol–water partition coefficient (Wildman–Crippen LogP) is 1.21. The molecule has 0 bridgehead atoms. The number of hydrogen-bond acceptors (Lipinski definition) is 7. The number of ether oxygens (including phenoxy) is 2. The van der Waals surface area contributed by atoms with Gasteiger partial charge in [-0.3, -0.25) is 0 Å². The molecule has 1 N–H and O–H groups in total. The van der Waals surface area contributed by atoms with Crippen LogP contribution < -0.4 is 9.64 Å². The zero-order valence-electron chi connectivity index (χ0n) is 10.8. The van der Waals surface area contributed by atoms with Gasteiger partial charge in [0.25, 0.3) is 0 Å². The highest BCUT2D eigenvalue weighted by atomic mass is 16.5. The van der Waals surface area contributed by atoms with E-state index in [1.54, 1.807) is 24.3 Å². The summed E-state index contributed by atoms with van der Waals surface area (Å²) in [6, 6.07) is 6.60. The fourth-order valence-electron chi connectivity index (χ4n) is 1.86. The van der Waals surface area contributed by atoms with E-state index in [0.29, 0.717) is 24.9 Å². The van der Waals surface area contributed by atoms with E-state index in [2.05, 4.69) is 15.0 Å². The molecule has 2 aromatic rings. The van der Waals surface area contributed by atoms with Crippen molar-refractivity contribution in [1.82, 2.24) is 15.0 Å². The fraction of sp³-hybridized carbons (Fsp3) is 0.308. The SMILES string of the molecule is Oc1ccc(Oc2ncnc(N3CCOCC3)n2)cc1. The Kier molecular flexibility index (Phi) is 3.60. The van der Waals surface area contributed by atoms with Crippen LogP contribution in [0.3, 0.4) is 0 Å². The second-order valence-corrected chi connectivity index (χ2v) is 4.26. The number of nitrogens with zero attached hydrogens (tertiary/aromatic N) is 4. The maximum absolute atomic E-state index is 9.22. The molecular weight excluding hydrogens is 260 g/mol. The molecule has 0 saturated carbocycles. The lowest BCUT2D eigenvalue weighted by atomic mass is 10.3. The molecule has 0 atom stereocenters. The van der Waals surface area contributed by atoms with Gasteiger partial charge in [-0.25, -0.2) is 4.98 Å². The smallest absolute Gasteiger partial charge is 0.326 e. The van der Waals surface area contributed by atoms with Gasteiger partial charge in [-0.1, -0.05) is 0 Å². The number of hydrogen-bond donors (Lipinski definition) is 1. The molecule has 1 saturated heterocycles. The van der Waals surface area contributed by atoms with Crippen LogP contribution >= 0.6 is 0 Å². The van der Waals surface area contributed by atoms with E-state index in [4.69, 9.17) is 9.47 Å². The number of anilines is 1. The normalized spacial score (nSPS) is 15.1. The number of aromatic hydroxyl groups is 1. The quantitative estimate of drug-likeness (QED) is 0.900. The zero-order chi connectivity index (χ0) is 13.8. The van der Waals surface area contributed by atoms with Crippen molar-refractivity contribution in [3.05, 3.63) is 30.6 Å². The highest BCUT2D eigenvalue weighted by Crippen LogP contribution is 2.21. The Hall–Kier alpha value is -2.41. The number of rotatable bonds is 3. The van der Waals surface area contributed by atoms with Crippen LogP contribution in [0.25, 0.3) is 0 Å². The maximum atomic E-state index is 9.22. The number of benzene rings is 1. The highest BCUT2D eigenvalue weighted by molar-refractivity contribution is 5.34. The van der Waals surface area contributed by atoms with Crippen molar-refractivity contribution < 1.29 is 14.6 Å². The standard InChI is InChI=1S/C13H14N4O3/c18-10-1-3-11(4-2-10)20-13-15-9-14-12(16-13)17-5-7-19-8-6-17/h1-4,9,18H,5-8H2. The Morgan fingerprint density at radius 1 is 1.10 bits per heavy atom. The maximum Gasteiger partial charge on any atom is 0.326 e. The molecule has 0 aliphatic carbocycles. The first-order valence-corrected chi connectivity index (χ1v) is 6.30. The number of morpholine rings is 1. The zero-order valence-corrected chi connectivity index (χ0v) is 10.8. The van der Waals surface area contributed by atoms with E-state index >= 15 is 0 Å². The van der Waals surface area contributed by atoms with Gasteiger partial charge in [-0.15, -0.1) is 0 Å². The monoisotopic (exact) mass is 274 g/mol. The van der Waals surface area contributed by atoms with Gasteiger partial charge < -0.3 is 19.5 Å².